The first-order chi connectivity index (χ1) is 8.19. The minimum absolute atomic E-state index is 0.128. The van der Waals surface area contributed by atoms with Crippen LogP contribution in [0.5, 0.6) is 0 Å². The van der Waals surface area contributed by atoms with E-state index in [1.165, 1.54) is 6.20 Å². The number of rotatable bonds is 7. The Balaban J connectivity index is 2.75. The Morgan fingerprint density at radius 2 is 2.35 bits per heavy atom. The van der Waals surface area contributed by atoms with Gasteiger partial charge >= 0.3 is 5.97 Å². The number of nitrogens with zero attached hydrogens (tertiary/aromatic N) is 2. The van der Waals surface area contributed by atoms with E-state index in [2.05, 4.69) is 9.88 Å². The van der Waals surface area contributed by atoms with E-state index in [4.69, 9.17) is 9.84 Å². The van der Waals surface area contributed by atoms with Gasteiger partial charge in [-0.25, -0.2) is 9.78 Å². The average molecular weight is 238 g/mol. The van der Waals surface area contributed by atoms with Crippen LogP contribution in [0.25, 0.3) is 0 Å². The summed E-state index contributed by atoms with van der Waals surface area (Å²) in [7, 11) is 1.65. The van der Waals surface area contributed by atoms with E-state index in [1.807, 2.05) is 6.92 Å². The van der Waals surface area contributed by atoms with E-state index in [1.54, 1.807) is 19.2 Å². The Bertz CT molecular complexity index is 369. The Morgan fingerprint density at radius 3 is 2.94 bits per heavy atom. The quantitative estimate of drug-likeness (QED) is 0.774. The monoisotopic (exact) mass is 238 g/mol. The van der Waals surface area contributed by atoms with E-state index in [0.717, 1.165) is 18.7 Å². The molecule has 94 valence electrons. The van der Waals surface area contributed by atoms with Crippen LogP contribution < -0.4 is 0 Å². The third-order valence-electron chi connectivity index (χ3n) is 2.55. The van der Waals surface area contributed by atoms with Crippen molar-refractivity contribution in [1.29, 1.82) is 0 Å². The van der Waals surface area contributed by atoms with Gasteiger partial charge in [-0.3, -0.25) is 4.90 Å². The Hall–Kier alpha value is -1.46. The summed E-state index contributed by atoms with van der Waals surface area (Å²) in [4.78, 5) is 17.0. The maximum absolute atomic E-state index is 11.0. The molecule has 0 radical (unpaired) electrons. The zero-order valence-corrected chi connectivity index (χ0v) is 10.2. The molecule has 0 aliphatic carbocycles. The lowest BCUT2D eigenvalue weighted by molar-refractivity contribution is 0.0687. The van der Waals surface area contributed by atoms with Crippen molar-refractivity contribution in [3.05, 3.63) is 29.6 Å². The number of pyridine rings is 1. The van der Waals surface area contributed by atoms with Gasteiger partial charge in [0.15, 0.2) is 5.69 Å². The number of carboxylic acid groups (broad SMARTS) is 1. The third-order valence-corrected chi connectivity index (χ3v) is 2.55. The van der Waals surface area contributed by atoms with Gasteiger partial charge < -0.3 is 9.84 Å². The Labute approximate surface area is 101 Å². The standard InChI is InChI=1S/C12H18N2O3/c1-3-14(7-8-17-2)9-10-5-4-6-13-11(10)12(15)16/h4-6H,3,7-9H2,1-2H3,(H,15,16). The van der Waals surface area contributed by atoms with Gasteiger partial charge in [0.1, 0.15) is 0 Å². The molecule has 1 aromatic rings. The molecule has 1 aromatic heterocycles. The van der Waals surface area contributed by atoms with Crippen molar-refractivity contribution >= 4 is 5.97 Å². The number of carboxylic acids is 1. The second kappa shape index (κ2) is 6.98. The molecule has 0 atom stereocenters. The van der Waals surface area contributed by atoms with Crippen LogP contribution in [-0.2, 0) is 11.3 Å². The lowest BCUT2D eigenvalue weighted by Gasteiger charge is -2.20. The fourth-order valence-electron chi connectivity index (χ4n) is 1.57. The fraction of sp³-hybridized carbons (Fsp3) is 0.500. The lowest BCUT2D eigenvalue weighted by Crippen LogP contribution is -2.27. The van der Waals surface area contributed by atoms with Crippen LogP contribution in [0.15, 0.2) is 18.3 Å². The molecule has 5 heteroatoms. The van der Waals surface area contributed by atoms with Crippen LogP contribution in [0.1, 0.15) is 23.0 Å². The maximum Gasteiger partial charge on any atom is 0.354 e. The molecule has 1 rings (SSSR count). The molecular formula is C12H18N2O3. The van der Waals surface area contributed by atoms with Crippen LogP contribution in [0.2, 0.25) is 0 Å². The number of methoxy groups -OCH3 is 1. The van der Waals surface area contributed by atoms with Gasteiger partial charge in [-0.15, -0.1) is 0 Å². The number of ether oxygens (including phenoxy) is 1. The summed E-state index contributed by atoms with van der Waals surface area (Å²) in [6.45, 7) is 4.87. The van der Waals surface area contributed by atoms with Crippen molar-refractivity contribution in [1.82, 2.24) is 9.88 Å². The molecule has 0 fully saturated rings. The summed E-state index contributed by atoms with van der Waals surface area (Å²) in [5.74, 6) is -0.983. The predicted molar refractivity (Wildman–Crippen MR) is 64.0 cm³/mol. The minimum Gasteiger partial charge on any atom is -0.477 e. The Morgan fingerprint density at radius 1 is 1.59 bits per heavy atom. The normalized spacial score (nSPS) is 10.8. The van der Waals surface area contributed by atoms with E-state index in [-0.39, 0.29) is 5.69 Å². The van der Waals surface area contributed by atoms with Crippen LogP contribution in [0.4, 0.5) is 0 Å². The fourth-order valence-corrected chi connectivity index (χ4v) is 1.57. The van der Waals surface area contributed by atoms with Gasteiger partial charge in [-0.05, 0) is 18.2 Å². The topological polar surface area (TPSA) is 62.7 Å². The SMILES string of the molecule is CCN(CCOC)Cc1cccnc1C(=O)O. The largest absolute Gasteiger partial charge is 0.477 e. The predicted octanol–water partition coefficient (Wildman–Crippen LogP) is 1.25. The molecular weight excluding hydrogens is 220 g/mol. The lowest BCUT2D eigenvalue weighted by atomic mass is 10.2. The van der Waals surface area contributed by atoms with E-state index >= 15 is 0 Å². The van der Waals surface area contributed by atoms with E-state index < -0.39 is 5.97 Å². The maximum atomic E-state index is 11.0. The first kappa shape index (κ1) is 13.6. The smallest absolute Gasteiger partial charge is 0.354 e. The number of aromatic nitrogens is 1. The molecule has 0 bridgehead atoms. The van der Waals surface area contributed by atoms with Gasteiger partial charge in [-0.1, -0.05) is 13.0 Å². The highest BCUT2D eigenvalue weighted by Gasteiger charge is 2.13. The molecule has 0 spiro atoms. The highest BCUT2D eigenvalue weighted by Crippen LogP contribution is 2.09. The summed E-state index contributed by atoms with van der Waals surface area (Å²) in [6, 6.07) is 3.55. The molecule has 0 saturated heterocycles. The molecule has 0 aliphatic rings. The molecule has 0 unspecified atom stereocenters. The van der Waals surface area contributed by atoms with Crippen molar-refractivity contribution in [3.63, 3.8) is 0 Å². The molecule has 1 N–H and O–H groups in total. The van der Waals surface area contributed by atoms with Crippen LogP contribution in [0.3, 0.4) is 0 Å². The van der Waals surface area contributed by atoms with Gasteiger partial charge in [0, 0.05) is 26.4 Å². The summed E-state index contributed by atoms with van der Waals surface area (Å²) in [5.41, 5.74) is 0.862. The second-order valence-corrected chi connectivity index (χ2v) is 3.68. The highest BCUT2D eigenvalue weighted by atomic mass is 16.5. The van der Waals surface area contributed by atoms with Crippen molar-refractivity contribution in [2.45, 2.75) is 13.5 Å². The zero-order valence-electron chi connectivity index (χ0n) is 10.2. The van der Waals surface area contributed by atoms with E-state index in [9.17, 15) is 4.79 Å². The molecule has 0 saturated carbocycles. The summed E-state index contributed by atoms with van der Waals surface area (Å²) >= 11 is 0. The van der Waals surface area contributed by atoms with Crippen LogP contribution in [0, 0.1) is 0 Å². The molecule has 5 nitrogen and oxygen atoms in total. The van der Waals surface area contributed by atoms with Crippen molar-refractivity contribution < 1.29 is 14.6 Å². The summed E-state index contributed by atoms with van der Waals surface area (Å²) < 4.78 is 5.02. The first-order valence-electron chi connectivity index (χ1n) is 5.57. The third kappa shape index (κ3) is 4.13. The molecule has 0 aliphatic heterocycles. The average Bonchev–Trinajstić information content (AvgIpc) is 2.34. The summed E-state index contributed by atoms with van der Waals surface area (Å²) in [5, 5.41) is 9.02. The number of carbonyl (C=O) groups is 1. The Kier molecular flexibility index (Phi) is 5.59. The van der Waals surface area contributed by atoms with Crippen molar-refractivity contribution in [2.24, 2.45) is 0 Å². The number of aromatic carboxylic acids is 1. The van der Waals surface area contributed by atoms with Crippen molar-refractivity contribution in [3.8, 4) is 0 Å². The van der Waals surface area contributed by atoms with Gasteiger partial charge in [0.25, 0.3) is 0 Å². The number of hydrogen-bond donors (Lipinski definition) is 1. The minimum atomic E-state index is -0.983. The molecule has 1 heterocycles. The van der Waals surface area contributed by atoms with E-state index in [0.29, 0.717) is 13.2 Å². The zero-order chi connectivity index (χ0) is 12.7. The number of hydrogen-bond acceptors (Lipinski definition) is 4. The van der Waals surface area contributed by atoms with Crippen LogP contribution in [-0.4, -0.2) is 47.8 Å². The second-order valence-electron chi connectivity index (χ2n) is 3.68. The molecule has 0 aromatic carbocycles. The van der Waals surface area contributed by atoms with Gasteiger partial charge in [0.2, 0.25) is 0 Å². The molecule has 17 heavy (non-hydrogen) atoms. The molecule has 0 amide bonds. The van der Waals surface area contributed by atoms with Gasteiger partial charge in [-0.2, -0.15) is 0 Å². The first-order valence-corrected chi connectivity index (χ1v) is 5.57. The number of likely N-dealkylation sites (N-methyl/N-ethyl adjacent to an activating group) is 1. The summed E-state index contributed by atoms with van der Waals surface area (Å²) in [6.07, 6.45) is 1.50. The van der Waals surface area contributed by atoms with Crippen LogP contribution >= 0.6 is 0 Å². The van der Waals surface area contributed by atoms with Gasteiger partial charge in [0.05, 0.1) is 6.61 Å². The van der Waals surface area contributed by atoms with Crippen molar-refractivity contribution in [2.75, 3.05) is 26.8 Å². The highest BCUT2D eigenvalue weighted by molar-refractivity contribution is 5.86.